The first-order chi connectivity index (χ1) is 10.00. The van der Waals surface area contributed by atoms with Gasteiger partial charge < -0.3 is 20.2 Å². The van der Waals surface area contributed by atoms with Gasteiger partial charge in [0.05, 0.1) is 6.10 Å². The van der Waals surface area contributed by atoms with Gasteiger partial charge in [-0.25, -0.2) is 0 Å². The quantitative estimate of drug-likeness (QED) is 0.701. The SMILES string of the molecule is CN(C[C@@H]1CC(C)(C)C[C@H](CO)[C@H]1O)C[C@H](CO)C(C)(C)C. The second kappa shape index (κ2) is 7.61. The number of nitrogens with zero attached hydrogens (tertiary/aromatic N) is 1. The van der Waals surface area contributed by atoms with Crippen molar-refractivity contribution in [3.63, 3.8) is 0 Å². The van der Waals surface area contributed by atoms with Crippen molar-refractivity contribution in [1.29, 1.82) is 0 Å². The van der Waals surface area contributed by atoms with Crippen LogP contribution in [0.1, 0.15) is 47.5 Å². The Morgan fingerprint density at radius 1 is 1.14 bits per heavy atom. The van der Waals surface area contributed by atoms with Gasteiger partial charge in [-0.05, 0) is 42.6 Å². The minimum absolute atomic E-state index is 0.0154. The fourth-order valence-electron chi connectivity index (χ4n) is 3.93. The summed E-state index contributed by atoms with van der Waals surface area (Å²) < 4.78 is 0. The summed E-state index contributed by atoms with van der Waals surface area (Å²) in [6, 6.07) is 0. The molecule has 132 valence electrons. The van der Waals surface area contributed by atoms with Gasteiger partial charge in [-0.3, -0.25) is 0 Å². The van der Waals surface area contributed by atoms with Crippen molar-refractivity contribution >= 4 is 0 Å². The van der Waals surface area contributed by atoms with Crippen LogP contribution in [0.25, 0.3) is 0 Å². The predicted octanol–water partition coefficient (Wildman–Crippen LogP) is 1.98. The van der Waals surface area contributed by atoms with E-state index in [1.54, 1.807) is 0 Å². The maximum Gasteiger partial charge on any atom is 0.0631 e. The first-order valence-electron chi connectivity index (χ1n) is 8.58. The Morgan fingerprint density at radius 2 is 1.68 bits per heavy atom. The summed E-state index contributed by atoms with van der Waals surface area (Å²) in [6.45, 7) is 12.8. The summed E-state index contributed by atoms with van der Waals surface area (Å²) >= 11 is 0. The summed E-state index contributed by atoms with van der Waals surface area (Å²) in [5, 5.41) is 29.7. The molecule has 1 fully saturated rings. The largest absolute Gasteiger partial charge is 0.396 e. The average molecular weight is 315 g/mol. The zero-order valence-electron chi connectivity index (χ0n) is 15.3. The van der Waals surface area contributed by atoms with Gasteiger partial charge in [0.15, 0.2) is 0 Å². The van der Waals surface area contributed by atoms with E-state index in [0.717, 1.165) is 25.9 Å². The molecule has 0 spiro atoms. The van der Waals surface area contributed by atoms with Gasteiger partial charge in [-0.15, -0.1) is 0 Å². The minimum Gasteiger partial charge on any atom is -0.396 e. The molecule has 0 bridgehead atoms. The van der Waals surface area contributed by atoms with E-state index in [0.29, 0.717) is 0 Å². The van der Waals surface area contributed by atoms with Gasteiger partial charge >= 0.3 is 0 Å². The van der Waals surface area contributed by atoms with Gasteiger partial charge in [-0.1, -0.05) is 34.6 Å². The summed E-state index contributed by atoms with van der Waals surface area (Å²) in [4.78, 5) is 2.23. The van der Waals surface area contributed by atoms with Crippen molar-refractivity contribution in [3.05, 3.63) is 0 Å². The Labute approximate surface area is 136 Å². The van der Waals surface area contributed by atoms with Crippen LogP contribution in [0.5, 0.6) is 0 Å². The number of rotatable bonds is 6. The molecule has 4 atom stereocenters. The third-order valence-corrected chi connectivity index (χ3v) is 5.35. The molecular weight excluding hydrogens is 278 g/mol. The van der Waals surface area contributed by atoms with Crippen LogP contribution in [0.4, 0.5) is 0 Å². The smallest absolute Gasteiger partial charge is 0.0631 e. The molecule has 0 heterocycles. The van der Waals surface area contributed by atoms with Crippen LogP contribution in [0.3, 0.4) is 0 Å². The van der Waals surface area contributed by atoms with Gasteiger partial charge in [0.2, 0.25) is 0 Å². The van der Waals surface area contributed by atoms with Crippen molar-refractivity contribution in [2.45, 2.75) is 53.6 Å². The van der Waals surface area contributed by atoms with Crippen LogP contribution >= 0.6 is 0 Å². The molecule has 1 aliphatic rings. The Kier molecular flexibility index (Phi) is 6.88. The molecule has 0 unspecified atom stereocenters. The predicted molar refractivity (Wildman–Crippen MR) is 90.6 cm³/mol. The number of hydrogen-bond donors (Lipinski definition) is 3. The van der Waals surface area contributed by atoms with Crippen LogP contribution < -0.4 is 0 Å². The Bertz CT molecular complexity index is 338. The van der Waals surface area contributed by atoms with Gasteiger partial charge in [0.25, 0.3) is 0 Å². The molecule has 0 amide bonds. The Hall–Kier alpha value is -0.160. The number of aliphatic hydroxyl groups excluding tert-OH is 3. The molecule has 22 heavy (non-hydrogen) atoms. The van der Waals surface area contributed by atoms with E-state index in [4.69, 9.17) is 0 Å². The zero-order chi connectivity index (χ0) is 17.1. The lowest BCUT2D eigenvalue weighted by molar-refractivity contribution is -0.0584. The van der Waals surface area contributed by atoms with E-state index in [1.807, 2.05) is 0 Å². The molecule has 0 aromatic carbocycles. The highest BCUT2D eigenvalue weighted by Gasteiger charge is 2.40. The van der Waals surface area contributed by atoms with Gasteiger partial charge in [-0.2, -0.15) is 0 Å². The molecule has 3 N–H and O–H groups in total. The van der Waals surface area contributed by atoms with Crippen molar-refractivity contribution in [2.24, 2.45) is 28.6 Å². The first kappa shape index (κ1) is 19.9. The van der Waals surface area contributed by atoms with Crippen molar-refractivity contribution < 1.29 is 15.3 Å². The fourth-order valence-corrected chi connectivity index (χ4v) is 3.93. The topological polar surface area (TPSA) is 63.9 Å². The highest BCUT2D eigenvalue weighted by Crippen LogP contribution is 2.42. The van der Waals surface area contributed by atoms with Crippen molar-refractivity contribution in [3.8, 4) is 0 Å². The highest BCUT2D eigenvalue weighted by atomic mass is 16.3. The standard InChI is InChI=1S/C18H37NO3/c1-17(2,3)15(12-21)10-19(6)9-13-7-18(4,5)8-14(11-20)16(13)22/h13-16,20-22H,7-12H2,1-6H3/t13-,14+,15+,16-/m0/s1. The van der Waals surface area contributed by atoms with E-state index < -0.39 is 6.10 Å². The third kappa shape index (κ3) is 5.48. The fraction of sp³-hybridized carbons (Fsp3) is 1.00. The zero-order valence-corrected chi connectivity index (χ0v) is 15.3. The maximum absolute atomic E-state index is 10.5. The van der Waals surface area contributed by atoms with Gasteiger partial charge in [0.1, 0.15) is 0 Å². The van der Waals surface area contributed by atoms with Crippen molar-refractivity contribution in [2.75, 3.05) is 33.4 Å². The molecule has 0 radical (unpaired) electrons. The monoisotopic (exact) mass is 315 g/mol. The van der Waals surface area contributed by atoms with E-state index in [1.165, 1.54) is 0 Å². The molecule has 4 heteroatoms. The summed E-state index contributed by atoms with van der Waals surface area (Å²) in [5.74, 6) is 0.392. The molecule has 0 saturated heterocycles. The van der Waals surface area contributed by atoms with Crippen LogP contribution in [0, 0.1) is 28.6 Å². The molecule has 1 saturated carbocycles. The first-order valence-corrected chi connectivity index (χ1v) is 8.58. The lowest BCUT2D eigenvalue weighted by Gasteiger charge is -2.45. The van der Waals surface area contributed by atoms with Crippen LogP contribution in [0.15, 0.2) is 0 Å². The number of aliphatic hydroxyl groups is 3. The molecule has 0 aromatic heterocycles. The maximum atomic E-state index is 10.5. The second-order valence-electron chi connectivity index (χ2n) is 9.23. The van der Waals surface area contributed by atoms with Gasteiger partial charge in [0, 0.05) is 32.2 Å². The van der Waals surface area contributed by atoms with E-state index in [9.17, 15) is 15.3 Å². The average Bonchev–Trinajstić information content (AvgIpc) is 2.38. The molecule has 0 aromatic rings. The summed E-state index contributed by atoms with van der Waals surface area (Å²) in [6.07, 6.45) is 1.43. The van der Waals surface area contributed by atoms with E-state index in [-0.39, 0.29) is 41.8 Å². The Morgan fingerprint density at radius 3 is 2.14 bits per heavy atom. The van der Waals surface area contributed by atoms with E-state index in [2.05, 4.69) is 46.6 Å². The van der Waals surface area contributed by atoms with Crippen LogP contribution in [0.2, 0.25) is 0 Å². The second-order valence-corrected chi connectivity index (χ2v) is 9.23. The van der Waals surface area contributed by atoms with E-state index >= 15 is 0 Å². The number of hydrogen-bond acceptors (Lipinski definition) is 4. The molecular formula is C18H37NO3. The lowest BCUT2D eigenvalue weighted by Crippen LogP contribution is -2.47. The summed E-state index contributed by atoms with van der Waals surface area (Å²) in [7, 11) is 2.07. The molecule has 4 nitrogen and oxygen atoms in total. The van der Waals surface area contributed by atoms with Crippen molar-refractivity contribution in [1.82, 2.24) is 4.90 Å². The molecule has 1 rings (SSSR count). The molecule has 1 aliphatic carbocycles. The Balaban J connectivity index is 2.67. The molecule has 0 aliphatic heterocycles. The minimum atomic E-state index is -0.428. The third-order valence-electron chi connectivity index (χ3n) is 5.35. The lowest BCUT2D eigenvalue weighted by atomic mass is 9.66. The highest BCUT2D eigenvalue weighted by molar-refractivity contribution is 4.91. The van der Waals surface area contributed by atoms with Crippen LogP contribution in [-0.4, -0.2) is 59.7 Å². The van der Waals surface area contributed by atoms with Crippen LogP contribution in [-0.2, 0) is 0 Å². The summed E-state index contributed by atoms with van der Waals surface area (Å²) in [5.41, 5.74) is 0.236. The normalized spacial score (nSPS) is 30.5.